The standard InChI is InChI=1S/C17H25FN2O2.ClH/c1-3-4-15(19)17(21)20-11(2)13-7-8-16(14(18)9-13)22-10-12-5-6-12;/h7-9,11-12,15H,3-6,10,19H2,1-2H3,(H,20,21);1H. The highest BCUT2D eigenvalue weighted by molar-refractivity contribution is 5.85. The van der Waals surface area contributed by atoms with Crippen molar-refractivity contribution in [3.63, 3.8) is 0 Å². The topological polar surface area (TPSA) is 64.4 Å². The van der Waals surface area contributed by atoms with Crippen LogP contribution in [-0.2, 0) is 4.79 Å². The quantitative estimate of drug-likeness (QED) is 0.760. The first-order valence-electron chi connectivity index (χ1n) is 7.99. The van der Waals surface area contributed by atoms with Crippen LogP contribution in [0.4, 0.5) is 4.39 Å². The summed E-state index contributed by atoms with van der Waals surface area (Å²) in [6, 6.07) is 4.02. The number of halogens is 2. The zero-order valence-electron chi connectivity index (χ0n) is 13.7. The van der Waals surface area contributed by atoms with Crippen LogP contribution in [0.15, 0.2) is 18.2 Å². The molecular weight excluding hydrogens is 319 g/mol. The van der Waals surface area contributed by atoms with Gasteiger partial charge in [-0.25, -0.2) is 4.39 Å². The second-order valence-corrected chi connectivity index (χ2v) is 6.07. The normalized spacial score (nSPS) is 16.2. The van der Waals surface area contributed by atoms with Gasteiger partial charge in [0.1, 0.15) is 0 Å². The Labute approximate surface area is 143 Å². The van der Waals surface area contributed by atoms with Gasteiger partial charge < -0.3 is 15.8 Å². The first-order chi connectivity index (χ1) is 10.5. The Balaban J connectivity index is 0.00000264. The molecule has 0 aliphatic heterocycles. The zero-order valence-corrected chi connectivity index (χ0v) is 14.5. The predicted octanol–water partition coefficient (Wildman–Crippen LogP) is 3.34. The lowest BCUT2D eigenvalue weighted by Gasteiger charge is -2.18. The molecular formula is C17H26ClFN2O2. The molecule has 2 rings (SSSR count). The summed E-state index contributed by atoms with van der Waals surface area (Å²) in [6.07, 6.45) is 3.83. The average molecular weight is 345 g/mol. The molecule has 1 saturated carbocycles. The SMILES string of the molecule is CCCC(N)C(=O)NC(C)c1ccc(OCC2CC2)c(F)c1.Cl. The van der Waals surface area contributed by atoms with Crippen molar-refractivity contribution in [2.45, 2.75) is 51.6 Å². The third-order valence-corrected chi connectivity index (χ3v) is 3.92. The van der Waals surface area contributed by atoms with E-state index in [4.69, 9.17) is 10.5 Å². The zero-order chi connectivity index (χ0) is 16.1. The molecule has 0 saturated heterocycles. The number of carbonyl (C=O) groups is 1. The summed E-state index contributed by atoms with van der Waals surface area (Å²) in [5.74, 6) is 0.259. The van der Waals surface area contributed by atoms with Crippen LogP contribution >= 0.6 is 12.4 Å². The van der Waals surface area contributed by atoms with Gasteiger partial charge in [-0.2, -0.15) is 0 Å². The Morgan fingerprint density at radius 3 is 2.74 bits per heavy atom. The van der Waals surface area contributed by atoms with E-state index in [1.54, 1.807) is 12.1 Å². The van der Waals surface area contributed by atoms with Gasteiger partial charge in [-0.1, -0.05) is 19.4 Å². The molecule has 1 aliphatic rings. The molecule has 0 heterocycles. The summed E-state index contributed by atoms with van der Waals surface area (Å²) in [6.45, 7) is 4.37. The largest absolute Gasteiger partial charge is 0.490 e. The third kappa shape index (κ3) is 5.99. The number of amides is 1. The van der Waals surface area contributed by atoms with E-state index in [0.717, 1.165) is 6.42 Å². The van der Waals surface area contributed by atoms with Crippen LogP contribution in [0.25, 0.3) is 0 Å². The van der Waals surface area contributed by atoms with Gasteiger partial charge in [0.15, 0.2) is 11.6 Å². The summed E-state index contributed by atoms with van der Waals surface area (Å²) in [5, 5.41) is 2.82. The monoisotopic (exact) mass is 344 g/mol. The maximum atomic E-state index is 14.0. The summed E-state index contributed by atoms with van der Waals surface area (Å²) in [4.78, 5) is 11.9. The van der Waals surface area contributed by atoms with E-state index < -0.39 is 11.9 Å². The molecule has 2 atom stereocenters. The van der Waals surface area contributed by atoms with Crippen molar-refractivity contribution in [3.8, 4) is 5.75 Å². The van der Waals surface area contributed by atoms with E-state index in [1.165, 1.54) is 18.9 Å². The minimum absolute atomic E-state index is 0. The van der Waals surface area contributed by atoms with Crippen molar-refractivity contribution >= 4 is 18.3 Å². The lowest BCUT2D eigenvalue weighted by Crippen LogP contribution is -2.41. The lowest BCUT2D eigenvalue weighted by molar-refractivity contribution is -0.123. The highest BCUT2D eigenvalue weighted by Crippen LogP contribution is 2.30. The molecule has 1 aliphatic carbocycles. The molecule has 0 bridgehead atoms. The Morgan fingerprint density at radius 2 is 2.17 bits per heavy atom. The van der Waals surface area contributed by atoms with E-state index in [1.807, 2.05) is 13.8 Å². The summed E-state index contributed by atoms with van der Waals surface area (Å²) < 4.78 is 19.5. The van der Waals surface area contributed by atoms with Crippen molar-refractivity contribution in [2.75, 3.05) is 6.61 Å². The van der Waals surface area contributed by atoms with E-state index in [9.17, 15) is 9.18 Å². The van der Waals surface area contributed by atoms with E-state index >= 15 is 0 Å². The van der Waals surface area contributed by atoms with Crippen molar-refractivity contribution in [2.24, 2.45) is 11.7 Å². The maximum Gasteiger partial charge on any atom is 0.237 e. The Hall–Kier alpha value is -1.33. The van der Waals surface area contributed by atoms with Crippen LogP contribution in [0.3, 0.4) is 0 Å². The number of hydrogen-bond acceptors (Lipinski definition) is 3. The van der Waals surface area contributed by atoms with Gasteiger partial charge in [0.2, 0.25) is 5.91 Å². The third-order valence-electron chi connectivity index (χ3n) is 3.92. The van der Waals surface area contributed by atoms with Crippen LogP contribution < -0.4 is 15.8 Å². The Bertz CT molecular complexity index is 523. The smallest absolute Gasteiger partial charge is 0.237 e. The first kappa shape index (κ1) is 19.7. The molecule has 1 aromatic carbocycles. The van der Waals surface area contributed by atoms with Crippen LogP contribution in [0.2, 0.25) is 0 Å². The fraction of sp³-hybridized carbons (Fsp3) is 0.588. The fourth-order valence-electron chi connectivity index (χ4n) is 2.24. The molecule has 1 amide bonds. The second kappa shape index (κ2) is 9.08. The fourth-order valence-corrected chi connectivity index (χ4v) is 2.24. The summed E-state index contributed by atoms with van der Waals surface area (Å²) in [5.41, 5.74) is 6.48. The van der Waals surface area contributed by atoms with Gasteiger partial charge >= 0.3 is 0 Å². The van der Waals surface area contributed by atoms with Crippen molar-refractivity contribution < 1.29 is 13.9 Å². The Kier molecular flexibility index (Phi) is 7.79. The van der Waals surface area contributed by atoms with Gasteiger partial charge in [0.05, 0.1) is 18.7 Å². The first-order valence-corrected chi connectivity index (χ1v) is 7.99. The highest BCUT2D eigenvalue weighted by Gasteiger charge is 2.23. The van der Waals surface area contributed by atoms with Crippen molar-refractivity contribution in [3.05, 3.63) is 29.6 Å². The molecule has 23 heavy (non-hydrogen) atoms. The number of rotatable bonds is 8. The highest BCUT2D eigenvalue weighted by atomic mass is 35.5. The number of hydrogen-bond donors (Lipinski definition) is 2. The van der Waals surface area contributed by atoms with Crippen LogP contribution in [-0.4, -0.2) is 18.6 Å². The van der Waals surface area contributed by atoms with Crippen LogP contribution in [0.5, 0.6) is 5.75 Å². The minimum atomic E-state index is -0.515. The average Bonchev–Trinajstić information content (AvgIpc) is 3.30. The molecule has 0 radical (unpaired) electrons. The van der Waals surface area contributed by atoms with Gasteiger partial charge in [-0.05, 0) is 49.8 Å². The molecule has 1 fully saturated rings. The Morgan fingerprint density at radius 1 is 1.48 bits per heavy atom. The minimum Gasteiger partial charge on any atom is -0.490 e. The predicted molar refractivity (Wildman–Crippen MR) is 91.3 cm³/mol. The van der Waals surface area contributed by atoms with Crippen molar-refractivity contribution in [1.82, 2.24) is 5.32 Å². The molecule has 4 nitrogen and oxygen atoms in total. The summed E-state index contributed by atoms with van der Waals surface area (Å²) in [7, 11) is 0. The van der Waals surface area contributed by atoms with E-state index in [2.05, 4.69) is 5.32 Å². The number of ether oxygens (including phenoxy) is 1. The van der Waals surface area contributed by atoms with Gasteiger partial charge in [-0.3, -0.25) is 4.79 Å². The molecule has 0 spiro atoms. The van der Waals surface area contributed by atoms with Crippen LogP contribution in [0, 0.1) is 11.7 Å². The molecule has 3 N–H and O–H groups in total. The number of nitrogens with two attached hydrogens (primary N) is 1. The van der Waals surface area contributed by atoms with Gasteiger partial charge in [-0.15, -0.1) is 12.4 Å². The number of carbonyl (C=O) groups excluding carboxylic acids is 1. The van der Waals surface area contributed by atoms with Gasteiger partial charge in [0, 0.05) is 0 Å². The molecule has 1 aromatic rings. The van der Waals surface area contributed by atoms with E-state index in [0.29, 0.717) is 24.5 Å². The van der Waals surface area contributed by atoms with Crippen LogP contribution in [0.1, 0.15) is 51.1 Å². The number of benzene rings is 1. The molecule has 2 unspecified atom stereocenters. The van der Waals surface area contributed by atoms with Crippen molar-refractivity contribution in [1.29, 1.82) is 0 Å². The summed E-state index contributed by atoms with van der Waals surface area (Å²) >= 11 is 0. The van der Waals surface area contributed by atoms with Gasteiger partial charge in [0.25, 0.3) is 0 Å². The second-order valence-electron chi connectivity index (χ2n) is 6.07. The molecule has 0 aromatic heterocycles. The lowest BCUT2D eigenvalue weighted by atomic mass is 10.1. The van der Waals surface area contributed by atoms with E-state index in [-0.39, 0.29) is 30.1 Å². The maximum absolute atomic E-state index is 14.0. The molecule has 130 valence electrons. The molecule has 6 heteroatoms. The number of nitrogens with one attached hydrogen (secondary N) is 1.